The molecule has 2 heterocycles. The number of carbonyl (C=O) groups excluding carboxylic acids is 1. The zero-order chi connectivity index (χ0) is 16.4. The van der Waals surface area contributed by atoms with E-state index in [1.807, 2.05) is 47.1 Å². The molecule has 1 aromatic carbocycles. The minimum Gasteiger partial charge on any atom is -0.361 e. The molecule has 1 aliphatic rings. The van der Waals surface area contributed by atoms with Gasteiger partial charge in [-0.05, 0) is 37.5 Å². The van der Waals surface area contributed by atoms with E-state index in [9.17, 15) is 4.79 Å². The third-order valence-electron chi connectivity index (χ3n) is 4.92. The van der Waals surface area contributed by atoms with Crippen molar-refractivity contribution in [1.29, 1.82) is 0 Å². The second-order valence-corrected chi connectivity index (χ2v) is 7.98. The van der Waals surface area contributed by atoms with Crippen LogP contribution in [-0.4, -0.2) is 32.5 Å². The second kappa shape index (κ2) is 6.44. The molecule has 1 amide bonds. The fourth-order valence-electron chi connectivity index (χ4n) is 3.29. The third-order valence-corrected chi connectivity index (χ3v) is 6.72. The van der Waals surface area contributed by atoms with Gasteiger partial charge in [-0.15, -0.1) is 11.8 Å². The minimum absolute atomic E-state index is 0.110. The number of fused-ring (bicyclic) bond motifs is 1. The normalized spacial score (nSPS) is 20.7. The third kappa shape index (κ3) is 3.05. The molecular weight excluding hydrogens is 304 g/mol. The Balaban J connectivity index is 1.77. The first-order valence-corrected chi connectivity index (χ1v) is 9.19. The Hall–Kier alpha value is -1.68. The fourth-order valence-corrected chi connectivity index (χ4v) is 4.86. The molecule has 0 aliphatic carbocycles. The van der Waals surface area contributed by atoms with Gasteiger partial charge in [0.1, 0.15) is 0 Å². The Labute approximate surface area is 142 Å². The average molecular weight is 328 g/mol. The maximum atomic E-state index is 12.6. The summed E-state index contributed by atoms with van der Waals surface area (Å²) < 4.78 is 0.226. The number of amides is 1. The van der Waals surface area contributed by atoms with E-state index in [1.54, 1.807) is 6.08 Å². The highest BCUT2D eigenvalue weighted by atomic mass is 32.2. The monoisotopic (exact) mass is 328 g/mol. The predicted molar refractivity (Wildman–Crippen MR) is 99.4 cm³/mol. The lowest BCUT2D eigenvalue weighted by Crippen LogP contribution is -2.36. The number of hydrogen-bond donors (Lipinski definition) is 1. The summed E-state index contributed by atoms with van der Waals surface area (Å²) in [6, 6.07) is 8.15. The summed E-state index contributed by atoms with van der Waals surface area (Å²) in [5.41, 5.74) is 2.16. The Morgan fingerprint density at radius 1 is 1.39 bits per heavy atom. The van der Waals surface area contributed by atoms with Crippen molar-refractivity contribution in [2.24, 2.45) is 0 Å². The molecule has 1 aromatic heterocycles. The van der Waals surface area contributed by atoms with Crippen LogP contribution in [0.2, 0.25) is 0 Å². The summed E-state index contributed by atoms with van der Waals surface area (Å²) >= 11 is 1.94. The highest BCUT2D eigenvalue weighted by molar-refractivity contribution is 8.01. The molecule has 0 radical (unpaired) electrons. The van der Waals surface area contributed by atoms with Crippen LogP contribution in [0, 0.1) is 0 Å². The molecule has 3 nitrogen and oxygen atoms in total. The van der Waals surface area contributed by atoms with E-state index in [4.69, 9.17) is 0 Å². The first kappa shape index (κ1) is 16.2. The number of hydrogen-bond acceptors (Lipinski definition) is 2. The van der Waals surface area contributed by atoms with Gasteiger partial charge in [-0.1, -0.05) is 32.0 Å². The number of benzene rings is 1. The summed E-state index contributed by atoms with van der Waals surface area (Å²) in [5.74, 6) is 0.110. The summed E-state index contributed by atoms with van der Waals surface area (Å²) in [4.78, 5) is 17.9. The number of aromatic amines is 1. The molecule has 2 aromatic rings. The van der Waals surface area contributed by atoms with Crippen molar-refractivity contribution in [3.8, 4) is 0 Å². The minimum atomic E-state index is 0.110. The average Bonchev–Trinajstić information content (AvgIpc) is 3.14. The van der Waals surface area contributed by atoms with E-state index in [-0.39, 0.29) is 16.0 Å². The fraction of sp³-hybridized carbons (Fsp3) is 0.421. The highest BCUT2D eigenvalue weighted by Gasteiger charge is 2.41. The van der Waals surface area contributed by atoms with Crippen molar-refractivity contribution in [3.63, 3.8) is 0 Å². The maximum Gasteiger partial charge on any atom is 0.247 e. The van der Waals surface area contributed by atoms with Crippen molar-refractivity contribution in [1.82, 2.24) is 9.88 Å². The molecule has 23 heavy (non-hydrogen) atoms. The van der Waals surface area contributed by atoms with Crippen molar-refractivity contribution in [2.45, 2.75) is 43.7 Å². The smallest absolute Gasteiger partial charge is 0.247 e. The van der Waals surface area contributed by atoms with Crippen LogP contribution in [0.1, 0.15) is 39.2 Å². The van der Waals surface area contributed by atoms with E-state index in [0.717, 1.165) is 35.9 Å². The van der Waals surface area contributed by atoms with Crippen LogP contribution in [0.5, 0.6) is 0 Å². The molecule has 1 N–H and O–H groups in total. The van der Waals surface area contributed by atoms with E-state index < -0.39 is 0 Å². The summed E-state index contributed by atoms with van der Waals surface area (Å²) in [7, 11) is 0. The second-order valence-electron chi connectivity index (χ2n) is 6.20. The Bertz CT molecular complexity index is 730. The van der Waals surface area contributed by atoms with Gasteiger partial charge in [0.15, 0.2) is 0 Å². The molecule has 0 spiro atoms. The van der Waals surface area contributed by atoms with Gasteiger partial charge in [0.25, 0.3) is 0 Å². The first-order chi connectivity index (χ1) is 11.1. The molecule has 3 rings (SSSR count). The molecule has 1 fully saturated rings. The van der Waals surface area contributed by atoms with Crippen molar-refractivity contribution >= 4 is 34.6 Å². The molecule has 1 aliphatic heterocycles. The Kier molecular flexibility index (Phi) is 4.53. The molecule has 4 heteroatoms. The number of aromatic nitrogens is 1. The molecule has 122 valence electrons. The van der Waals surface area contributed by atoms with Crippen molar-refractivity contribution < 1.29 is 4.79 Å². The van der Waals surface area contributed by atoms with Crippen molar-refractivity contribution in [3.05, 3.63) is 42.1 Å². The number of carbonyl (C=O) groups is 1. The number of rotatable bonds is 4. The van der Waals surface area contributed by atoms with E-state index in [0.29, 0.717) is 0 Å². The van der Waals surface area contributed by atoms with Gasteiger partial charge in [0, 0.05) is 34.5 Å². The van der Waals surface area contributed by atoms with Crippen LogP contribution in [-0.2, 0) is 4.79 Å². The Morgan fingerprint density at radius 2 is 2.13 bits per heavy atom. The van der Waals surface area contributed by atoms with Gasteiger partial charge in [-0.3, -0.25) is 4.79 Å². The number of H-pyrrole nitrogens is 1. The summed E-state index contributed by atoms with van der Waals surface area (Å²) in [5, 5.41) is 1.40. The van der Waals surface area contributed by atoms with Gasteiger partial charge in [-0.25, -0.2) is 0 Å². The summed E-state index contributed by atoms with van der Waals surface area (Å²) in [6.45, 7) is 7.43. The Morgan fingerprint density at radius 3 is 2.83 bits per heavy atom. The van der Waals surface area contributed by atoms with E-state index in [2.05, 4.69) is 31.8 Å². The molecular formula is C19H24N2OS. The lowest BCUT2D eigenvalue weighted by atomic mass is 10.0. The number of nitrogens with zero attached hydrogens (tertiary/aromatic N) is 1. The van der Waals surface area contributed by atoms with Crippen LogP contribution < -0.4 is 0 Å². The van der Waals surface area contributed by atoms with E-state index >= 15 is 0 Å². The molecule has 0 saturated carbocycles. The number of para-hydroxylation sites is 1. The van der Waals surface area contributed by atoms with Crippen molar-refractivity contribution in [2.75, 3.05) is 6.54 Å². The molecule has 1 atom stereocenters. The zero-order valence-corrected chi connectivity index (χ0v) is 14.8. The van der Waals surface area contributed by atoms with Crippen LogP contribution >= 0.6 is 11.8 Å². The number of nitrogens with one attached hydrogen (secondary N) is 1. The van der Waals surface area contributed by atoms with Crippen LogP contribution in [0.25, 0.3) is 17.0 Å². The van der Waals surface area contributed by atoms with Crippen LogP contribution in [0.4, 0.5) is 0 Å². The molecule has 0 bridgehead atoms. The first-order valence-electron chi connectivity index (χ1n) is 8.31. The standard InChI is InChI=1S/C19H24N2OS/c1-4-19(5-2)13-21(14(3)23-19)18(22)11-10-15-12-20-17-9-7-6-8-16(15)17/h6-12,14,20H,4-5,13H2,1-3H3/b11-10+. The quantitative estimate of drug-likeness (QED) is 0.829. The summed E-state index contributed by atoms with van der Waals surface area (Å²) in [6.07, 6.45) is 7.81. The van der Waals surface area contributed by atoms with Gasteiger partial charge in [0.2, 0.25) is 5.91 Å². The molecule has 1 unspecified atom stereocenters. The SMILES string of the molecule is CCC1(CC)CN(C(=O)/C=C/c2c[nH]c3ccccc23)C(C)S1. The highest BCUT2D eigenvalue weighted by Crippen LogP contribution is 2.44. The van der Waals surface area contributed by atoms with Gasteiger partial charge < -0.3 is 9.88 Å². The maximum absolute atomic E-state index is 12.6. The zero-order valence-electron chi connectivity index (χ0n) is 14.0. The van der Waals surface area contributed by atoms with Gasteiger partial charge in [0.05, 0.1) is 5.37 Å². The van der Waals surface area contributed by atoms with Crippen LogP contribution in [0.3, 0.4) is 0 Å². The lowest BCUT2D eigenvalue weighted by molar-refractivity contribution is -0.126. The number of thioether (sulfide) groups is 1. The largest absolute Gasteiger partial charge is 0.361 e. The van der Waals surface area contributed by atoms with Crippen LogP contribution in [0.15, 0.2) is 36.5 Å². The van der Waals surface area contributed by atoms with Gasteiger partial charge in [-0.2, -0.15) is 0 Å². The molecule has 1 saturated heterocycles. The topological polar surface area (TPSA) is 36.1 Å². The van der Waals surface area contributed by atoms with Gasteiger partial charge >= 0.3 is 0 Å². The van der Waals surface area contributed by atoms with E-state index in [1.165, 1.54) is 0 Å². The predicted octanol–water partition coefficient (Wildman–Crippen LogP) is 4.66. The lowest BCUT2D eigenvalue weighted by Gasteiger charge is -2.24.